The fourth-order valence-corrected chi connectivity index (χ4v) is 6.24. The van der Waals surface area contributed by atoms with Crippen LogP contribution in [0, 0.1) is 0 Å². The molecule has 0 spiro atoms. The van der Waals surface area contributed by atoms with Gasteiger partial charge in [-0.1, -0.05) is 55.3 Å². The van der Waals surface area contributed by atoms with Crippen LogP contribution in [0.25, 0.3) is 0 Å². The second kappa shape index (κ2) is 13.4. The van der Waals surface area contributed by atoms with Gasteiger partial charge in [0.25, 0.3) is 15.9 Å². The summed E-state index contributed by atoms with van der Waals surface area (Å²) in [5.41, 5.74) is 1.49. The molecule has 0 radical (unpaired) electrons. The van der Waals surface area contributed by atoms with E-state index in [1.165, 1.54) is 49.2 Å². The van der Waals surface area contributed by atoms with Gasteiger partial charge in [0.1, 0.15) is 5.75 Å². The molecule has 1 amide bonds. The van der Waals surface area contributed by atoms with Crippen molar-refractivity contribution in [3.05, 3.63) is 90.0 Å². The van der Waals surface area contributed by atoms with Crippen LogP contribution in [0.4, 0.5) is 5.69 Å². The fraction of sp³-hybridized carbons (Fsp3) is 0.367. The van der Waals surface area contributed by atoms with Crippen molar-refractivity contribution in [3.63, 3.8) is 0 Å². The molecule has 202 valence electrons. The SMILES string of the molecule is COc1ccc(S(=O)(=O)N(Cc2ccccc2)c2ccccc2C(=O)NCCCN2CCCCCC2)cc1. The first-order valence-electron chi connectivity index (χ1n) is 13.3. The summed E-state index contributed by atoms with van der Waals surface area (Å²) in [5, 5.41) is 3.02. The molecule has 0 atom stereocenters. The summed E-state index contributed by atoms with van der Waals surface area (Å²) in [5.74, 6) is 0.290. The van der Waals surface area contributed by atoms with Crippen LogP contribution in [0.3, 0.4) is 0 Å². The monoisotopic (exact) mass is 535 g/mol. The van der Waals surface area contributed by atoms with Gasteiger partial charge < -0.3 is 15.0 Å². The van der Waals surface area contributed by atoms with Crippen LogP contribution in [0.5, 0.6) is 5.75 Å². The molecule has 3 aromatic rings. The number of hydrogen-bond acceptors (Lipinski definition) is 5. The third kappa shape index (κ3) is 7.14. The molecule has 1 aliphatic heterocycles. The Kier molecular flexibility index (Phi) is 9.79. The zero-order valence-corrected chi connectivity index (χ0v) is 22.8. The number of para-hydroxylation sites is 1. The van der Waals surface area contributed by atoms with Crippen LogP contribution in [0.15, 0.2) is 83.8 Å². The van der Waals surface area contributed by atoms with Gasteiger partial charge >= 0.3 is 0 Å². The van der Waals surface area contributed by atoms with E-state index in [1.54, 1.807) is 36.4 Å². The molecule has 38 heavy (non-hydrogen) atoms. The third-order valence-electron chi connectivity index (χ3n) is 6.87. The number of carbonyl (C=O) groups is 1. The number of hydrogen-bond donors (Lipinski definition) is 1. The quantitative estimate of drug-likeness (QED) is 0.346. The van der Waals surface area contributed by atoms with Gasteiger partial charge in [-0.15, -0.1) is 0 Å². The van der Waals surface area contributed by atoms with E-state index in [2.05, 4.69) is 10.2 Å². The zero-order chi connectivity index (χ0) is 26.8. The van der Waals surface area contributed by atoms with Gasteiger partial charge in [-0.05, 0) is 80.9 Å². The molecular weight excluding hydrogens is 498 g/mol. The van der Waals surface area contributed by atoms with Gasteiger partial charge in [-0.25, -0.2) is 8.42 Å². The van der Waals surface area contributed by atoms with E-state index in [1.807, 2.05) is 30.3 Å². The van der Waals surface area contributed by atoms with Gasteiger partial charge in [0.15, 0.2) is 0 Å². The summed E-state index contributed by atoms with van der Waals surface area (Å²) in [7, 11) is -2.45. The molecular formula is C30H37N3O4S. The number of rotatable bonds is 11. The Morgan fingerprint density at radius 1 is 0.895 bits per heavy atom. The number of methoxy groups -OCH3 is 1. The highest BCUT2D eigenvalue weighted by atomic mass is 32.2. The largest absolute Gasteiger partial charge is 0.497 e. The molecule has 0 unspecified atom stereocenters. The molecule has 1 saturated heterocycles. The maximum Gasteiger partial charge on any atom is 0.264 e. The molecule has 4 rings (SSSR count). The lowest BCUT2D eigenvalue weighted by Crippen LogP contribution is -2.34. The van der Waals surface area contributed by atoms with E-state index >= 15 is 0 Å². The lowest BCUT2D eigenvalue weighted by atomic mass is 10.1. The minimum absolute atomic E-state index is 0.0917. The van der Waals surface area contributed by atoms with Gasteiger partial charge in [-0.2, -0.15) is 0 Å². The number of benzene rings is 3. The number of anilines is 1. The van der Waals surface area contributed by atoms with Gasteiger partial charge in [-0.3, -0.25) is 9.10 Å². The number of likely N-dealkylation sites (tertiary alicyclic amines) is 1. The maximum absolute atomic E-state index is 13.9. The number of nitrogens with one attached hydrogen (secondary N) is 1. The summed E-state index contributed by atoms with van der Waals surface area (Å²) in [6, 6.07) is 22.6. The number of sulfonamides is 1. The van der Waals surface area contributed by atoms with E-state index in [0.29, 0.717) is 23.5 Å². The molecule has 1 fully saturated rings. The van der Waals surface area contributed by atoms with E-state index in [9.17, 15) is 13.2 Å². The van der Waals surface area contributed by atoms with Gasteiger partial charge in [0, 0.05) is 6.54 Å². The van der Waals surface area contributed by atoms with Gasteiger partial charge in [0.2, 0.25) is 0 Å². The predicted molar refractivity (Wildman–Crippen MR) is 151 cm³/mol. The lowest BCUT2D eigenvalue weighted by Gasteiger charge is -2.27. The summed E-state index contributed by atoms with van der Waals surface area (Å²) in [6.45, 7) is 3.82. The Morgan fingerprint density at radius 3 is 2.24 bits per heavy atom. The topological polar surface area (TPSA) is 79.0 Å². The molecule has 7 nitrogen and oxygen atoms in total. The number of ether oxygens (including phenoxy) is 1. The number of nitrogens with zero attached hydrogens (tertiary/aromatic N) is 2. The molecule has 3 aromatic carbocycles. The molecule has 8 heteroatoms. The van der Waals surface area contributed by atoms with E-state index < -0.39 is 10.0 Å². The highest BCUT2D eigenvalue weighted by molar-refractivity contribution is 7.92. The average molecular weight is 536 g/mol. The third-order valence-corrected chi connectivity index (χ3v) is 8.64. The molecule has 1 heterocycles. The van der Waals surface area contributed by atoms with Gasteiger partial charge in [0.05, 0.1) is 29.8 Å². The van der Waals surface area contributed by atoms with Crippen molar-refractivity contribution in [2.75, 3.05) is 37.6 Å². The number of carbonyl (C=O) groups excluding carboxylic acids is 1. The normalized spacial score (nSPS) is 14.4. The fourth-order valence-electron chi connectivity index (χ4n) is 4.77. The summed E-state index contributed by atoms with van der Waals surface area (Å²) < 4.78 is 34.4. The second-order valence-corrected chi connectivity index (χ2v) is 11.4. The molecule has 0 aromatic heterocycles. The van der Waals surface area contributed by atoms with Crippen molar-refractivity contribution in [2.24, 2.45) is 0 Å². The van der Waals surface area contributed by atoms with Crippen molar-refractivity contribution in [1.82, 2.24) is 10.2 Å². The van der Waals surface area contributed by atoms with Crippen LogP contribution in [0.1, 0.15) is 48.0 Å². The summed E-state index contributed by atoms with van der Waals surface area (Å²) >= 11 is 0. The molecule has 1 aliphatic rings. The van der Waals surface area contributed by atoms with Crippen LogP contribution >= 0.6 is 0 Å². The standard InChI is InChI=1S/C30H37N3O4S/c1-37-26-16-18-27(19-17-26)38(35,36)33(24-25-12-5-4-6-13-25)29-15-8-7-14-28(29)30(34)31-20-11-23-32-21-9-2-3-10-22-32/h4-8,12-19H,2-3,9-11,20-24H2,1H3,(H,31,34). The number of amides is 1. The Morgan fingerprint density at radius 2 is 1.55 bits per heavy atom. The minimum atomic E-state index is -3.99. The predicted octanol–water partition coefficient (Wildman–Crippen LogP) is 5.09. The first kappa shape index (κ1) is 27.7. The smallest absolute Gasteiger partial charge is 0.264 e. The average Bonchev–Trinajstić information content (AvgIpc) is 3.23. The van der Waals surface area contributed by atoms with Crippen molar-refractivity contribution >= 4 is 21.6 Å². The van der Waals surface area contributed by atoms with E-state index in [-0.39, 0.29) is 17.3 Å². The summed E-state index contributed by atoms with van der Waals surface area (Å²) in [4.78, 5) is 15.9. The zero-order valence-electron chi connectivity index (χ0n) is 22.0. The highest BCUT2D eigenvalue weighted by Crippen LogP contribution is 2.30. The Balaban J connectivity index is 1.56. The van der Waals surface area contributed by atoms with E-state index in [4.69, 9.17) is 4.74 Å². The Bertz CT molecular complexity index is 1270. The molecule has 0 saturated carbocycles. The van der Waals surface area contributed by atoms with Crippen molar-refractivity contribution in [1.29, 1.82) is 0 Å². The van der Waals surface area contributed by atoms with Crippen molar-refractivity contribution < 1.29 is 17.9 Å². The highest BCUT2D eigenvalue weighted by Gasteiger charge is 2.28. The van der Waals surface area contributed by atoms with E-state index in [0.717, 1.165) is 31.6 Å². The lowest BCUT2D eigenvalue weighted by molar-refractivity contribution is 0.0952. The maximum atomic E-state index is 13.9. The molecule has 0 bridgehead atoms. The van der Waals surface area contributed by atoms with Crippen LogP contribution < -0.4 is 14.4 Å². The Labute approximate surface area is 226 Å². The first-order chi connectivity index (χ1) is 18.5. The van der Waals surface area contributed by atoms with Crippen molar-refractivity contribution in [2.45, 2.75) is 43.5 Å². The van der Waals surface area contributed by atoms with Crippen LogP contribution in [0.2, 0.25) is 0 Å². The first-order valence-corrected chi connectivity index (χ1v) is 14.7. The Hall–Kier alpha value is -3.36. The minimum Gasteiger partial charge on any atom is -0.497 e. The van der Waals surface area contributed by atoms with Crippen LogP contribution in [-0.2, 0) is 16.6 Å². The van der Waals surface area contributed by atoms with Crippen LogP contribution in [-0.4, -0.2) is 52.5 Å². The molecule has 1 N–H and O–H groups in total. The molecule has 0 aliphatic carbocycles. The van der Waals surface area contributed by atoms with Crippen molar-refractivity contribution in [3.8, 4) is 5.75 Å². The summed E-state index contributed by atoms with van der Waals surface area (Å²) in [6.07, 6.45) is 5.91. The second-order valence-electron chi connectivity index (χ2n) is 9.56.